The van der Waals surface area contributed by atoms with Crippen molar-refractivity contribution in [3.63, 3.8) is 0 Å². The molecule has 2 heterocycles. The van der Waals surface area contributed by atoms with Gasteiger partial charge in [0, 0.05) is 18.3 Å². The van der Waals surface area contributed by atoms with Gasteiger partial charge in [-0.15, -0.1) is 0 Å². The summed E-state index contributed by atoms with van der Waals surface area (Å²) in [5, 5.41) is 12.0. The van der Waals surface area contributed by atoms with Crippen molar-refractivity contribution in [3.05, 3.63) is 59.2 Å². The summed E-state index contributed by atoms with van der Waals surface area (Å²) in [5.41, 5.74) is 1.88. The van der Waals surface area contributed by atoms with E-state index in [0.29, 0.717) is 36.5 Å². The lowest BCUT2D eigenvalue weighted by Gasteiger charge is -2.32. The van der Waals surface area contributed by atoms with Crippen LogP contribution in [0.2, 0.25) is 0 Å². The van der Waals surface area contributed by atoms with E-state index in [9.17, 15) is 14.7 Å². The summed E-state index contributed by atoms with van der Waals surface area (Å²) in [7, 11) is 0. The van der Waals surface area contributed by atoms with E-state index in [1.54, 1.807) is 41.4 Å². The van der Waals surface area contributed by atoms with Crippen LogP contribution in [-0.2, 0) is 17.9 Å². The average molecular weight is 354 g/mol. The predicted octanol–water partition coefficient (Wildman–Crippen LogP) is 1.20. The summed E-state index contributed by atoms with van der Waals surface area (Å²) in [6, 6.07) is 8.01. The zero-order valence-electron chi connectivity index (χ0n) is 14.7. The molecule has 1 unspecified atom stereocenters. The van der Waals surface area contributed by atoms with E-state index in [2.05, 4.69) is 15.3 Å². The number of benzene rings is 1. The molecule has 0 radical (unpaired) electrons. The summed E-state index contributed by atoms with van der Waals surface area (Å²) in [4.78, 5) is 35.3. The number of carbonyl (C=O) groups is 2. The second-order valence-corrected chi connectivity index (χ2v) is 6.38. The molecule has 3 rings (SSSR count). The third-order valence-corrected chi connectivity index (χ3v) is 4.39. The van der Waals surface area contributed by atoms with E-state index in [-0.39, 0.29) is 18.4 Å². The number of likely N-dealkylation sites (tertiary alicyclic amines) is 1. The van der Waals surface area contributed by atoms with Crippen LogP contribution in [0.25, 0.3) is 0 Å². The van der Waals surface area contributed by atoms with Gasteiger partial charge in [0.1, 0.15) is 11.9 Å². The molecule has 1 aromatic heterocycles. The minimum atomic E-state index is -0.544. The van der Waals surface area contributed by atoms with Crippen LogP contribution < -0.4 is 5.32 Å². The summed E-state index contributed by atoms with van der Waals surface area (Å²) >= 11 is 0. The number of aliphatic hydroxyl groups excluding tert-OH is 1. The van der Waals surface area contributed by atoms with E-state index in [0.717, 1.165) is 12.1 Å². The van der Waals surface area contributed by atoms with Crippen molar-refractivity contribution in [1.82, 2.24) is 20.2 Å². The van der Waals surface area contributed by atoms with Gasteiger partial charge in [0.15, 0.2) is 0 Å². The van der Waals surface area contributed by atoms with Crippen molar-refractivity contribution in [2.75, 3.05) is 6.54 Å². The van der Waals surface area contributed by atoms with Crippen molar-refractivity contribution in [3.8, 4) is 0 Å². The summed E-state index contributed by atoms with van der Waals surface area (Å²) in [6.45, 7) is 2.74. The Balaban J connectivity index is 1.66. The van der Waals surface area contributed by atoms with E-state index in [1.165, 1.54) is 0 Å². The van der Waals surface area contributed by atoms with Crippen LogP contribution in [0.1, 0.15) is 40.3 Å². The van der Waals surface area contributed by atoms with E-state index >= 15 is 0 Å². The first-order valence-corrected chi connectivity index (χ1v) is 8.65. The van der Waals surface area contributed by atoms with Crippen molar-refractivity contribution in [2.24, 2.45) is 0 Å². The maximum Gasteiger partial charge on any atom is 0.251 e. The third kappa shape index (κ3) is 4.23. The predicted molar refractivity (Wildman–Crippen MR) is 95.0 cm³/mol. The fourth-order valence-electron chi connectivity index (χ4n) is 3.07. The molecule has 136 valence electrons. The zero-order chi connectivity index (χ0) is 18.5. The first-order chi connectivity index (χ1) is 12.6. The van der Waals surface area contributed by atoms with Gasteiger partial charge in [-0.25, -0.2) is 9.97 Å². The average Bonchev–Trinajstić information content (AvgIpc) is 2.65. The monoisotopic (exact) mass is 354 g/mol. The maximum absolute atomic E-state index is 12.7. The molecule has 1 fully saturated rings. The van der Waals surface area contributed by atoms with Crippen LogP contribution in [0.3, 0.4) is 0 Å². The first-order valence-electron chi connectivity index (χ1n) is 8.65. The van der Waals surface area contributed by atoms with Gasteiger partial charge in [0.2, 0.25) is 5.91 Å². The number of piperidine rings is 1. The summed E-state index contributed by atoms with van der Waals surface area (Å²) in [5.74, 6) is 0.262. The van der Waals surface area contributed by atoms with Crippen molar-refractivity contribution in [2.45, 2.75) is 39.0 Å². The second-order valence-electron chi connectivity index (χ2n) is 6.38. The quantitative estimate of drug-likeness (QED) is 0.841. The van der Waals surface area contributed by atoms with Crippen LogP contribution >= 0.6 is 0 Å². The molecule has 0 spiro atoms. The lowest BCUT2D eigenvalue weighted by atomic mass is 10.0. The van der Waals surface area contributed by atoms with E-state index in [4.69, 9.17) is 0 Å². The topological polar surface area (TPSA) is 95.4 Å². The highest BCUT2D eigenvalue weighted by molar-refractivity contribution is 5.97. The Morgan fingerprint density at radius 1 is 1.38 bits per heavy atom. The van der Waals surface area contributed by atoms with Crippen LogP contribution in [0.5, 0.6) is 0 Å². The molecular formula is C19H22N4O3. The van der Waals surface area contributed by atoms with Gasteiger partial charge in [-0.05, 0) is 43.5 Å². The molecular weight excluding hydrogens is 332 g/mol. The minimum absolute atomic E-state index is 0.0980. The van der Waals surface area contributed by atoms with Gasteiger partial charge in [-0.2, -0.15) is 0 Å². The van der Waals surface area contributed by atoms with E-state index < -0.39 is 6.04 Å². The third-order valence-electron chi connectivity index (χ3n) is 4.39. The Morgan fingerprint density at radius 3 is 3.00 bits per heavy atom. The minimum Gasteiger partial charge on any atom is -0.392 e. The summed E-state index contributed by atoms with van der Waals surface area (Å²) in [6.07, 6.45) is 3.11. The van der Waals surface area contributed by atoms with Crippen molar-refractivity contribution < 1.29 is 14.7 Å². The molecule has 26 heavy (non-hydrogen) atoms. The molecule has 7 heteroatoms. The van der Waals surface area contributed by atoms with Crippen LogP contribution in [0.4, 0.5) is 0 Å². The molecule has 0 saturated carbocycles. The Hall–Kier alpha value is -2.80. The summed E-state index contributed by atoms with van der Waals surface area (Å²) < 4.78 is 0. The number of aromatic nitrogens is 2. The number of aryl methyl sites for hydroxylation is 1. The second kappa shape index (κ2) is 8.05. The molecule has 0 bridgehead atoms. The molecule has 2 N–H and O–H groups in total. The molecule has 1 atom stereocenters. The van der Waals surface area contributed by atoms with Gasteiger partial charge >= 0.3 is 0 Å². The fraction of sp³-hybridized carbons (Fsp3) is 0.368. The number of hydrogen-bond acceptors (Lipinski definition) is 5. The number of amides is 2. The van der Waals surface area contributed by atoms with E-state index in [1.807, 2.05) is 6.92 Å². The highest BCUT2D eigenvalue weighted by Crippen LogP contribution is 2.15. The standard InChI is InChI=1S/C19H22N4O3/c1-13-20-8-7-16(21-13)11-23-9-3-6-17(19(23)26)22-18(25)15-5-2-4-14(10-15)12-24/h2,4-5,7-8,10,17,24H,3,6,9,11-12H2,1H3,(H,22,25). The van der Waals surface area contributed by atoms with Crippen LogP contribution in [0, 0.1) is 6.92 Å². The molecule has 1 saturated heterocycles. The number of carbonyl (C=O) groups excluding carboxylic acids is 2. The lowest BCUT2D eigenvalue weighted by molar-refractivity contribution is -0.136. The Morgan fingerprint density at radius 2 is 2.23 bits per heavy atom. The highest BCUT2D eigenvalue weighted by Gasteiger charge is 2.30. The lowest BCUT2D eigenvalue weighted by Crippen LogP contribution is -2.52. The molecule has 0 aliphatic carbocycles. The van der Waals surface area contributed by atoms with Crippen LogP contribution in [-0.4, -0.2) is 44.4 Å². The zero-order valence-corrected chi connectivity index (χ0v) is 14.7. The highest BCUT2D eigenvalue weighted by atomic mass is 16.3. The SMILES string of the molecule is Cc1nccc(CN2CCCC(NC(=O)c3cccc(CO)c3)C2=O)n1. The number of rotatable bonds is 5. The van der Waals surface area contributed by atoms with Crippen molar-refractivity contribution >= 4 is 11.8 Å². The molecule has 1 aliphatic heterocycles. The number of nitrogens with one attached hydrogen (secondary N) is 1. The Labute approximate surface area is 152 Å². The van der Waals surface area contributed by atoms with Gasteiger partial charge in [0.25, 0.3) is 5.91 Å². The first kappa shape index (κ1) is 18.0. The fourth-order valence-corrected chi connectivity index (χ4v) is 3.07. The molecule has 7 nitrogen and oxygen atoms in total. The van der Waals surface area contributed by atoms with Gasteiger partial charge in [0.05, 0.1) is 18.8 Å². The number of aliphatic hydroxyl groups is 1. The number of nitrogens with zero attached hydrogens (tertiary/aromatic N) is 3. The molecule has 1 aliphatic rings. The Bertz CT molecular complexity index is 809. The normalized spacial score (nSPS) is 17.2. The van der Waals surface area contributed by atoms with Crippen molar-refractivity contribution in [1.29, 1.82) is 0 Å². The molecule has 1 aromatic carbocycles. The number of hydrogen-bond donors (Lipinski definition) is 2. The largest absolute Gasteiger partial charge is 0.392 e. The van der Waals surface area contributed by atoms with Gasteiger partial charge in [-0.1, -0.05) is 12.1 Å². The Kier molecular flexibility index (Phi) is 5.58. The van der Waals surface area contributed by atoms with Crippen LogP contribution in [0.15, 0.2) is 36.5 Å². The molecule has 2 aromatic rings. The van der Waals surface area contributed by atoms with Gasteiger partial charge in [-0.3, -0.25) is 9.59 Å². The smallest absolute Gasteiger partial charge is 0.251 e. The molecule has 2 amide bonds. The maximum atomic E-state index is 12.7. The van der Waals surface area contributed by atoms with Gasteiger partial charge < -0.3 is 15.3 Å².